The van der Waals surface area contributed by atoms with Crippen molar-refractivity contribution >= 4 is 0 Å². The molecule has 0 heterocycles. The lowest BCUT2D eigenvalue weighted by molar-refractivity contribution is 0.00667. The van der Waals surface area contributed by atoms with E-state index in [-0.39, 0.29) is 5.92 Å². The third kappa shape index (κ3) is 3.97. The first-order chi connectivity index (χ1) is 7.42. The molecule has 1 aliphatic carbocycles. The molecule has 0 bridgehead atoms. The van der Waals surface area contributed by atoms with E-state index < -0.39 is 5.60 Å². The van der Waals surface area contributed by atoms with Gasteiger partial charge in [-0.2, -0.15) is 0 Å². The van der Waals surface area contributed by atoms with Crippen LogP contribution in [-0.4, -0.2) is 10.7 Å². The monoisotopic (exact) mass is 220 g/mol. The second-order valence-corrected chi connectivity index (χ2v) is 5.34. The minimum atomic E-state index is -0.580. The van der Waals surface area contributed by atoms with E-state index in [1.165, 1.54) is 11.1 Å². The number of allylic oxidation sites excluding steroid dienone is 4. The summed E-state index contributed by atoms with van der Waals surface area (Å²) in [6, 6.07) is 0. The van der Waals surface area contributed by atoms with Crippen molar-refractivity contribution in [3.8, 4) is 0 Å². The van der Waals surface area contributed by atoms with Crippen molar-refractivity contribution in [3.63, 3.8) is 0 Å². The molecule has 0 saturated heterocycles. The molecule has 0 fully saturated rings. The highest BCUT2D eigenvalue weighted by Crippen LogP contribution is 2.32. The van der Waals surface area contributed by atoms with E-state index in [0.717, 1.165) is 25.7 Å². The van der Waals surface area contributed by atoms with Crippen LogP contribution in [0.2, 0.25) is 0 Å². The molecule has 0 amide bonds. The fraction of sp³-hybridized carbons (Fsp3) is 0.600. The molecule has 1 aliphatic rings. The molecule has 0 spiro atoms. The zero-order chi connectivity index (χ0) is 12.2. The second kappa shape index (κ2) is 5.49. The van der Waals surface area contributed by atoms with Crippen molar-refractivity contribution in [1.82, 2.24) is 0 Å². The second-order valence-electron chi connectivity index (χ2n) is 5.34. The van der Waals surface area contributed by atoms with Gasteiger partial charge in [-0.3, -0.25) is 0 Å². The lowest BCUT2D eigenvalue weighted by atomic mass is 9.78. The SMILES string of the molecule is C=C1C=C[C@@H]([C@@](C)(O)CCC=C(C)C)CC1. The summed E-state index contributed by atoms with van der Waals surface area (Å²) in [7, 11) is 0. The maximum atomic E-state index is 10.4. The van der Waals surface area contributed by atoms with Crippen LogP contribution < -0.4 is 0 Å². The molecule has 1 heteroatoms. The zero-order valence-corrected chi connectivity index (χ0v) is 10.8. The van der Waals surface area contributed by atoms with Gasteiger partial charge in [0.05, 0.1) is 5.60 Å². The van der Waals surface area contributed by atoms with Gasteiger partial charge in [0, 0.05) is 5.92 Å². The van der Waals surface area contributed by atoms with E-state index in [9.17, 15) is 5.11 Å². The minimum Gasteiger partial charge on any atom is -0.390 e. The summed E-state index contributed by atoms with van der Waals surface area (Å²) in [5.74, 6) is 0.281. The molecule has 0 aliphatic heterocycles. The van der Waals surface area contributed by atoms with Gasteiger partial charge in [0.25, 0.3) is 0 Å². The van der Waals surface area contributed by atoms with Crippen LogP contribution in [0.1, 0.15) is 46.5 Å². The van der Waals surface area contributed by atoms with Crippen molar-refractivity contribution in [2.45, 2.75) is 52.1 Å². The van der Waals surface area contributed by atoms with Crippen LogP contribution in [0.15, 0.2) is 36.0 Å². The normalized spacial score (nSPS) is 24.0. The molecule has 2 atom stereocenters. The fourth-order valence-corrected chi connectivity index (χ4v) is 2.13. The predicted molar refractivity (Wildman–Crippen MR) is 70.3 cm³/mol. The van der Waals surface area contributed by atoms with E-state index in [4.69, 9.17) is 0 Å². The fourth-order valence-electron chi connectivity index (χ4n) is 2.13. The van der Waals surface area contributed by atoms with Crippen LogP contribution in [0.4, 0.5) is 0 Å². The minimum absolute atomic E-state index is 0.281. The molecule has 0 aromatic carbocycles. The highest BCUT2D eigenvalue weighted by atomic mass is 16.3. The maximum absolute atomic E-state index is 10.4. The van der Waals surface area contributed by atoms with Gasteiger partial charge in [-0.05, 0) is 46.5 Å². The van der Waals surface area contributed by atoms with Gasteiger partial charge in [-0.25, -0.2) is 0 Å². The predicted octanol–water partition coefficient (Wildman–Crippen LogP) is 4.01. The van der Waals surface area contributed by atoms with Gasteiger partial charge < -0.3 is 5.11 Å². The number of hydrogen-bond donors (Lipinski definition) is 1. The van der Waals surface area contributed by atoms with Gasteiger partial charge >= 0.3 is 0 Å². The standard InChI is InChI=1S/C15H24O/c1-12(2)6-5-11-15(4,16)14-9-7-13(3)8-10-14/h6-7,9,14,16H,3,5,8,10-11H2,1-2,4H3/t14-,15+/m1/s1. The van der Waals surface area contributed by atoms with Crippen LogP contribution in [0.5, 0.6) is 0 Å². The third-order valence-electron chi connectivity index (χ3n) is 3.34. The Morgan fingerprint density at radius 3 is 2.81 bits per heavy atom. The van der Waals surface area contributed by atoms with Crippen molar-refractivity contribution in [2.24, 2.45) is 5.92 Å². The van der Waals surface area contributed by atoms with Gasteiger partial charge in [0.1, 0.15) is 0 Å². The van der Waals surface area contributed by atoms with E-state index in [2.05, 4.69) is 38.7 Å². The van der Waals surface area contributed by atoms with E-state index in [1.807, 2.05) is 6.92 Å². The van der Waals surface area contributed by atoms with Crippen LogP contribution >= 0.6 is 0 Å². The van der Waals surface area contributed by atoms with Crippen LogP contribution in [0, 0.1) is 5.92 Å². The van der Waals surface area contributed by atoms with Crippen molar-refractivity contribution in [2.75, 3.05) is 0 Å². The van der Waals surface area contributed by atoms with E-state index in [0.29, 0.717) is 0 Å². The van der Waals surface area contributed by atoms with Crippen LogP contribution in [0.25, 0.3) is 0 Å². The molecule has 1 N–H and O–H groups in total. The largest absolute Gasteiger partial charge is 0.390 e. The average Bonchev–Trinajstić information content (AvgIpc) is 2.17. The smallest absolute Gasteiger partial charge is 0.0685 e. The Morgan fingerprint density at radius 1 is 1.62 bits per heavy atom. The van der Waals surface area contributed by atoms with Crippen molar-refractivity contribution < 1.29 is 5.11 Å². The third-order valence-corrected chi connectivity index (χ3v) is 3.34. The highest BCUT2D eigenvalue weighted by molar-refractivity contribution is 5.20. The summed E-state index contributed by atoms with van der Waals surface area (Å²) in [5.41, 5.74) is 1.92. The van der Waals surface area contributed by atoms with Crippen LogP contribution in [0.3, 0.4) is 0 Å². The van der Waals surface area contributed by atoms with Gasteiger partial charge in [-0.15, -0.1) is 0 Å². The van der Waals surface area contributed by atoms with Gasteiger partial charge in [-0.1, -0.05) is 36.0 Å². The molecular formula is C15H24O. The van der Waals surface area contributed by atoms with E-state index >= 15 is 0 Å². The Hall–Kier alpha value is -0.820. The van der Waals surface area contributed by atoms with E-state index in [1.54, 1.807) is 0 Å². The molecular weight excluding hydrogens is 196 g/mol. The molecule has 0 unspecified atom stereocenters. The molecule has 0 saturated carbocycles. The lowest BCUT2D eigenvalue weighted by Crippen LogP contribution is -2.34. The van der Waals surface area contributed by atoms with Crippen molar-refractivity contribution in [3.05, 3.63) is 36.0 Å². The summed E-state index contributed by atoms with van der Waals surface area (Å²) in [4.78, 5) is 0. The first-order valence-electron chi connectivity index (χ1n) is 6.13. The topological polar surface area (TPSA) is 20.2 Å². The first kappa shape index (κ1) is 13.2. The van der Waals surface area contributed by atoms with Gasteiger partial charge in [0.15, 0.2) is 0 Å². The Kier molecular flexibility index (Phi) is 4.55. The average molecular weight is 220 g/mol. The molecule has 0 aromatic heterocycles. The molecule has 16 heavy (non-hydrogen) atoms. The Balaban J connectivity index is 2.53. The zero-order valence-electron chi connectivity index (χ0n) is 10.8. The highest BCUT2D eigenvalue weighted by Gasteiger charge is 2.30. The number of hydrogen-bond acceptors (Lipinski definition) is 1. The number of rotatable bonds is 4. The summed E-state index contributed by atoms with van der Waals surface area (Å²) in [6.07, 6.45) is 10.2. The maximum Gasteiger partial charge on any atom is 0.0685 e. The first-order valence-corrected chi connectivity index (χ1v) is 6.13. The molecule has 0 radical (unpaired) electrons. The van der Waals surface area contributed by atoms with Crippen LogP contribution in [-0.2, 0) is 0 Å². The van der Waals surface area contributed by atoms with Gasteiger partial charge in [0.2, 0.25) is 0 Å². The molecule has 1 nitrogen and oxygen atoms in total. The summed E-state index contributed by atoms with van der Waals surface area (Å²) < 4.78 is 0. The Labute approximate surface area is 99.6 Å². The summed E-state index contributed by atoms with van der Waals surface area (Å²) >= 11 is 0. The molecule has 0 aromatic rings. The molecule has 1 rings (SSSR count). The Morgan fingerprint density at radius 2 is 2.31 bits per heavy atom. The number of aliphatic hydroxyl groups is 1. The lowest BCUT2D eigenvalue weighted by Gasteiger charge is -2.33. The molecule has 90 valence electrons. The summed E-state index contributed by atoms with van der Waals surface area (Å²) in [6.45, 7) is 10.1. The Bertz CT molecular complexity index is 303. The quantitative estimate of drug-likeness (QED) is 0.710. The van der Waals surface area contributed by atoms with Crippen molar-refractivity contribution in [1.29, 1.82) is 0 Å². The summed E-state index contributed by atoms with van der Waals surface area (Å²) in [5, 5.41) is 10.4.